The molecule has 1 saturated heterocycles. The Morgan fingerprint density at radius 3 is 2.47 bits per heavy atom. The van der Waals surface area contributed by atoms with Gasteiger partial charge in [-0.1, -0.05) is 12.1 Å². The number of anilines is 1. The fraction of sp³-hybridized carbons (Fsp3) is 0.533. The van der Waals surface area contributed by atoms with Crippen LogP contribution in [0.25, 0.3) is 0 Å². The molecule has 0 aromatic heterocycles. The van der Waals surface area contributed by atoms with Crippen LogP contribution in [0.3, 0.4) is 0 Å². The van der Waals surface area contributed by atoms with E-state index >= 15 is 0 Å². The number of para-hydroxylation sites is 1. The smallest absolute Gasteiger partial charge is 0.337 e. The number of nitrogens with one attached hydrogen (secondary N) is 1. The van der Waals surface area contributed by atoms with Crippen LogP contribution in [0.2, 0.25) is 0 Å². The second-order valence-electron chi connectivity index (χ2n) is 6.22. The van der Waals surface area contributed by atoms with Crippen molar-refractivity contribution in [3.05, 3.63) is 29.8 Å². The van der Waals surface area contributed by atoms with Crippen LogP contribution in [-0.4, -0.2) is 28.3 Å². The van der Waals surface area contributed by atoms with Crippen LogP contribution in [0.5, 0.6) is 0 Å². The Labute approximate surface area is 113 Å². The normalized spacial score (nSPS) is 24.1. The zero-order valence-electron chi connectivity index (χ0n) is 11.9. The number of carbonyl (C=O) groups is 1. The molecule has 1 unspecified atom stereocenters. The summed E-state index contributed by atoms with van der Waals surface area (Å²) < 4.78 is 6.01. The topological polar surface area (TPSA) is 58.6 Å². The average molecular weight is 263 g/mol. The first-order chi connectivity index (χ1) is 8.71. The molecule has 19 heavy (non-hydrogen) atoms. The van der Waals surface area contributed by atoms with Crippen LogP contribution >= 0.6 is 0 Å². The quantitative estimate of drug-likeness (QED) is 0.879. The maximum absolute atomic E-state index is 11.2. The molecular formula is C15H21NO3. The van der Waals surface area contributed by atoms with Crippen LogP contribution in [0, 0.1) is 0 Å². The van der Waals surface area contributed by atoms with Crippen LogP contribution in [0.15, 0.2) is 24.3 Å². The summed E-state index contributed by atoms with van der Waals surface area (Å²) in [5.41, 5.74) is 0.423. The zero-order chi connectivity index (χ0) is 14.3. The Hall–Kier alpha value is -1.55. The lowest BCUT2D eigenvalue weighted by molar-refractivity contribution is -0.0662. The molecule has 4 heteroatoms. The van der Waals surface area contributed by atoms with E-state index in [1.54, 1.807) is 18.2 Å². The lowest BCUT2D eigenvalue weighted by Crippen LogP contribution is -2.38. The van der Waals surface area contributed by atoms with Crippen molar-refractivity contribution < 1.29 is 14.6 Å². The van der Waals surface area contributed by atoms with E-state index in [4.69, 9.17) is 4.74 Å². The highest BCUT2D eigenvalue weighted by Crippen LogP contribution is 2.39. The van der Waals surface area contributed by atoms with Crippen molar-refractivity contribution in [1.29, 1.82) is 0 Å². The molecule has 0 aliphatic carbocycles. The van der Waals surface area contributed by atoms with Gasteiger partial charge in [-0.25, -0.2) is 4.79 Å². The number of hydrogen-bond donors (Lipinski definition) is 2. The molecule has 104 valence electrons. The second kappa shape index (κ2) is 4.53. The van der Waals surface area contributed by atoms with Gasteiger partial charge in [0.25, 0.3) is 0 Å². The van der Waals surface area contributed by atoms with Gasteiger partial charge in [-0.05, 0) is 46.2 Å². The Bertz CT molecular complexity index is 494. The van der Waals surface area contributed by atoms with Gasteiger partial charge in [-0.2, -0.15) is 0 Å². The van der Waals surface area contributed by atoms with Crippen molar-refractivity contribution in [1.82, 2.24) is 0 Å². The molecule has 0 bridgehead atoms. The first-order valence-corrected chi connectivity index (χ1v) is 6.50. The maximum atomic E-state index is 11.2. The predicted octanol–water partition coefficient (Wildman–Crippen LogP) is 3.14. The predicted molar refractivity (Wildman–Crippen MR) is 74.7 cm³/mol. The van der Waals surface area contributed by atoms with Crippen molar-refractivity contribution in [3.8, 4) is 0 Å². The number of carboxylic acids is 1. The second-order valence-corrected chi connectivity index (χ2v) is 6.22. The van der Waals surface area contributed by atoms with Crippen molar-refractivity contribution in [2.75, 3.05) is 5.32 Å². The van der Waals surface area contributed by atoms with Crippen LogP contribution in [0.4, 0.5) is 5.69 Å². The number of hydrogen-bond acceptors (Lipinski definition) is 3. The van der Waals surface area contributed by atoms with Crippen LogP contribution in [0.1, 0.15) is 44.5 Å². The van der Waals surface area contributed by atoms with E-state index in [9.17, 15) is 9.90 Å². The Kier molecular flexibility index (Phi) is 3.31. The largest absolute Gasteiger partial charge is 0.478 e. The van der Waals surface area contributed by atoms with Gasteiger partial charge < -0.3 is 15.2 Å². The summed E-state index contributed by atoms with van der Waals surface area (Å²) in [6, 6.07) is 7.06. The first-order valence-electron chi connectivity index (χ1n) is 6.50. The Balaban J connectivity index is 2.25. The molecule has 1 aliphatic rings. The third-order valence-corrected chi connectivity index (χ3v) is 3.56. The zero-order valence-corrected chi connectivity index (χ0v) is 11.9. The number of benzene rings is 1. The minimum absolute atomic E-state index is 0.0861. The lowest BCUT2D eigenvalue weighted by Gasteiger charge is -2.28. The molecule has 1 aromatic carbocycles. The van der Waals surface area contributed by atoms with E-state index in [1.807, 2.05) is 19.9 Å². The van der Waals surface area contributed by atoms with E-state index in [-0.39, 0.29) is 17.2 Å². The van der Waals surface area contributed by atoms with Gasteiger partial charge in [0.1, 0.15) is 0 Å². The molecule has 1 fully saturated rings. The third kappa shape index (κ3) is 2.89. The van der Waals surface area contributed by atoms with Gasteiger partial charge >= 0.3 is 5.97 Å². The number of ether oxygens (including phenoxy) is 1. The minimum Gasteiger partial charge on any atom is -0.478 e. The standard InChI is InChI=1S/C15H21NO3/c1-14(2)9-12(15(3,4)19-14)16-11-8-6-5-7-10(11)13(17)18/h5-8,12,16H,9H2,1-4H3,(H,17,18). The fourth-order valence-electron chi connectivity index (χ4n) is 2.77. The van der Waals surface area contributed by atoms with Crippen molar-refractivity contribution >= 4 is 11.7 Å². The summed E-state index contributed by atoms with van der Waals surface area (Å²) in [6.45, 7) is 8.17. The summed E-state index contributed by atoms with van der Waals surface area (Å²) >= 11 is 0. The van der Waals surface area contributed by atoms with E-state index in [0.29, 0.717) is 11.3 Å². The van der Waals surface area contributed by atoms with Crippen LogP contribution in [-0.2, 0) is 4.74 Å². The fourth-order valence-corrected chi connectivity index (χ4v) is 2.77. The van der Waals surface area contributed by atoms with Gasteiger partial charge in [0.2, 0.25) is 0 Å². The summed E-state index contributed by atoms with van der Waals surface area (Å²) in [5.74, 6) is -0.918. The summed E-state index contributed by atoms with van der Waals surface area (Å²) in [4.78, 5) is 11.2. The molecule has 1 aliphatic heterocycles. The highest BCUT2D eigenvalue weighted by Gasteiger charge is 2.46. The van der Waals surface area contributed by atoms with Gasteiger partial charge in [0.05, 0.1) is 22.8 Å². The van der Waals surface area contributed by atoms with E-state index in [0.717, 1.165) is 6.42 Å². The Morgan fingerprint density at radius 2 is 1.95 bits per heavy atom. The molecule has 0 spiro atoms. The molecule has 1 atom stereocenters. The Morgan fingerprint density at radius 1 is 1.32 bits per heavy atom. The highest BCUT2D eigenvalue weighted by molar-refractivity contribution is 5.94. The van der Waals surface area contributed by atoms with Crippen molar-refractivity contribution in [2.45, 2.75) is 51.4 Å². The molecule has 1 aromatic rings. The number of aromatic carboxylic acids is 1. The molecular weight excluding hydrogens is 242 g/mol. The molecule has 0 radical (unpaired) electrons. The SMILES string of the molecule is CC1(C)CC(Nc2ccccc2C(=O)O)C(C)(C)O1. The van der Waals surface area contributed by atoms with Crippen LogP contribution < -0.4 is 5.32 Å². The van der Waals surface area contributed by atoms with Crippen molar-refractivity contribution in [3.63, 3.8) is 0 Å². The van der Waals surface area contributed by atoms with Gasteiger partial charge in [0, 0.05) is 5.69 Å². The monoisotopic (exact) mass is 263 g/mol. The highest BCUT2D eigenvalue weighted by atomic mass is 16.5. The number of rotatable bonds is 3. The minimum atomic E-state index is -0.918. The molecule has 4 nitrogen and oxygen atoms in total. The van der Waals surface area contributed by atoms with Gasteiger partial charge in [-0.15, -0.1) is 0 Å². The molecule has 1 heterocycles. The summed E-state index contributed by atoms with van der Waals surface area (Å²) in [6.07, 6.45) is 0.841. The van der Waals surface area contributed by atoms with Gasteiger partial charge in [0.15, 0.2) is 0 Å². The molecule has 0 amide bonds. The number of carboxylic acid groups (broad SMARTS) is 1. The van der Waals surface area contributed by atoms with E-state index < -0.39 is 5.97 Å². The van der Waals surface area contributed by atoms with E-state index in [1.165, 1.54) is 0 Å². The van der Waals surface area contributed by atoms with Crippen molar-refractivity contribution in [2.24, 2.45) is 0 Å². The molecule has 0 saturated carbocycles. The first kappa shape index (κ1) is 13.9. The summed E-state index contributed by atoms with van der Waals surface area (Å²) in [7, 11) is 0. The third-order valence-electron chi connectivity index (χ3n) is 3.56. The average Bonchev–Trinajstić information content (AvgIpc) is 2.47. The maximum Gasteiger partial charge on any atom is 0.337 e. The molecule has 2 rings (SSSR count). The lowest BCUT2D eigenvalue weighted by atomic mass is 9.94. The summed E-state index contributed by atoms with van der Waals surface area (Å²) in [5, 5.41) is 12.5. The van der Waals surface area contributed by atoms with Gasteiger partial charge in [-0.3, -0.25) is 0 Å². The molecule has 2 N–H and O–H groups in total. The van der Waals surface area contributed by atoms with E-state index in [2.05, 4.69) is 19.2 Å².